The highest BCUT2D eigenvalue weighted by Gasteiger charge is 2.24. The molecule has 0 saturated heterocycles. The number of nitrogens with one attached hydrogen (secondary N) is 1. The van der Waals surface area contributed by atoms with Crippen LogP contribution in [0.2, 0.25) is 0 Å². The van der Waals surface area contributed by atoms with Gasteiger partial charge in [0.05, 0.1) is 0 Å². The van der Waals surface area contributed by atoms with Crippen LogP contribution >= 0.6 is 0 Å². The summed E-state index contributed by atoms with van der Waals surface area (Å²) < 4.78 is 16.2. The summed E-state index contributed by atoms with van der Waals surface area (Å²) in [5.74, 6) is -0.322. The second-order valence-electron chi connectivity index (χ2n) is 7.13. The fourth-order valence-electron chi connectivity index (χ4n) is 3.17. The first-order valence-corrected chi connectivity index (χ1v) is 10.2. The summed E-state index contributed by atoms with van der Waals surface area (Å²) in [5.41, 5.74) is 3.02. The quantitative estimate of drug-likeness (QED) is 0.417. The van der Waals surface area contributed by atoms with Crippen molar-refractivity contribution in [2.24, 2.45) is 0 Å². The van der Waals surface area contributed by atoms with Gasteiger partial charge in [0.25, 0.3) is 0 Å². The van der Waals surface area contributed by atoms with Gasteiger partial charge < -0.3 is 19.2 Å². The molecular formula is C25H22N2O5. The van der Waals surface area contributed by atoms with E-state index in [-0.39, 0.29) is 25.5 Å². The maximum atomic E-state index is 12.8. The number of hydrogen-bond acceptors (Lipinski definition) is 6. The van der Waals surface area contributed by atoms with Crippen LogP contribution in [-0.4, -0.2) is 23.1 Å². The molecule has 0 unspecified atom stereocenters. The predicted octanol–water partition coefficient (Wildman–Crippen LogP) is 4.41. The first-order valence-electron chi connectivity index (χ1n) is 10.2. The molecule has 0 radical (unpaired) electrons. The minimum atomic E-state index is -0.926. The molecule has 162 valence electrons. The van der Waals surface area contributed by atoms with Gasteiger partial charge in [-0.25, -0.2) is 14.6 Å². The minimum absolute atomic E-state index is 0.0999. The third-order valence-corrected chi connectivity index (χ3v) is 4.75. The third-order valence-electron chi connectivity index (χ3n) is 4.75. The van der Waals surface area contributed by atoms with Crippen LogP contribution in [0.25, 0.3) is 11.1 Å². The second kappa shape index (κ2) is 10.3. The number of carbonyl (C=O) groups is 2. The monoisotopic (exact) mass is 430 g/mol. The molecule has 0 aliphatic rings. The van der Waals surface area contributed by atoms with Gasteiger partial charge in [0.2, 0.25) is 5.89 Å². The van der Waals surface area contributed by atoms with E-state index in [0.29, 0.717) is 11.1 Å². The zero-order valence-corrected chi connectivity index (χ0v) is 17.3. The minimum Gasteiger partial charge on any atom is -0.454 e. The smallest absolute Gasteiger partial charge is 0.408 e. The van der Waals surface area contributed by atoms with E-state index in [9.17, 15) is 9.59 Å². The lowest BCUT2D eigenvalue weighted by Crippen LogP contribution is -2.43. The lowest BCUT2D eigenvalue weighted by atomic mass is 10.1. The molecule has 0 aliphatic carbocycles. The van der Waals surface area contributed by atoms with Crippen LogP contribution in [0.15, 0.2) is 89.3 Å². The molecule has 32 heavy (non-hydrogen) atoms. The number of carbonyl (C=O) groups excluding carboxylic acids is 2. The molecule has 3 aromatic carbocycles. The number of benzene rings is 3. The van der Waals surface area contributed by atoms with Crippen LogP contribution in [0.5, 0.6) is 0 Å². The summed E-state index contributed by atoms with van der Waals surface area (Å²) in [6.45, 7) is -0.0395. The Morgan fingerprint density at radius 3 is 2.19 bits per heavy atom. The van der Waals surface area contributed by atoms with Gasteiger partial charge in [0.1, 0.15) is 18.2 Å². The van der Waals surface area contributed by atoms with Crippen molar-refractivity contribution >= 4 is 23.2 Å². The highest BCUT2D eigenvalue weighted by atomic mass is 16.6. The highest BCUT2D eigenvalue weighted by molar-refractivity contribution is 5.81. The van der Waals surface area contributed by atoms with Crippen LogP contribution in [-0.2, 0) is 33.9 Å². The summed E-state index contributed by atoms with van der Waals surface area (Å²) in [5, 5.41) is 2.61. The number of esters is 1. The molecule has 7 nitrogen and oxygen atoms in total. The van der Waals surface area contributed by atoms with Crippen molar-refractivity contribution in [3.05, 3.63) is 102 Å². The van der Waals surface area contributed by atoms with Gasteiger partial charge >= 0.3 is 12.1 Å². The molecule has 0 spiro atoms. The topological polar surface area (TPSA) is 90.7 Å². The number of alkyl carbamates (subject to hydrolysis) is 1. The lowest BCUT2D eigenvalue weighted by Gasteiger charge is -2.17. The number of para-hydroxylation sites is 2. The Morgan fingerprint density at radius 2 is 1.47 bits per heavy atom. The van der Waals surface area contributed by atoms with Crippen LogP contribution < -0.4 is 5.32 Å². The van der Waals surface area contributed by atoms with Gasteiger partial charge in [0, 0.05) is 6.42 Å². The molecule has 1 atom stereocenters. The number of oxazole rings is 1. The Bertz CT molecular complexity index is 1140. The second-order valence-corrected chi connectivity index (χ2v) is 7.13. The van der Waals surface area contributed by atoms with Gasteiger partial charge in [-0.05, 0) is 23.3 Å². The summed E-state index contributed by atoms with van der Waals surface area (Å²) in [6.07, 6.45) is -0.443. The molecule has 1 N–H and O–H groups in total. The van der Waals surface area contributed by atoms with Gasteiger partial charge in [-0.2, -0.15) is 0 Å². The number of aromatic nitrogens is 1. The zero-order valence-electron chi connectivity index (χ0n) is 17.3. The Labute approximate surface area is 185 Å². The Hall–Kier alpha value is -4.13. The third kappa shape index (κ3) is 5.72. The molecule has 0 saturated carbocycles. The summed E-state index contributed by atoms with van der Waals surface area (Å²) in [7, 11) is 0. The predicted molar refractivity (Wildman–Crippen MR) is 118 cm³/mol. The van der Waals surface area contributed by atoms with E-state index < -0.39 is 18.1 Å². The summed E-state index contributed by atoms with van der Waals surface area (Å²) >= 11 is 0. The Kier molecular flexibility index (Phi) is 6.77. The van der Waals surface area contributed by atoms with Crippen molar-refractivity contribution < 1.29 is 23.5 Å². The van der Waals surface area contributed by atoms with Gasteiger partial charge in [-0.3, -0.25) is 0 Å². The first-order chi connectivity index (χ1) is 15.7. The van der Waals surface area contributed by atoms with E-state index in [0.717, 1.165) is 11.1 Å². The molecule has 0 aliphatic heterocycles. The van der Waals surface area contributed by atoms with Crippen LogP contribution in [0, 0.1) is 0 Å². The number of amides is 1. The summed E-state index contributed by atoms with van der Waals surface area (Å²) in [6, 6.07) is 25.0. The molecule has 4 aromatic rings. The van der Waals surface area contributed by atoms with E-state index in [2.05, 4.69) is 10.3 Å². The molecule has 0 fully saturated rings. The standard InChI is InChI=1S/C25H22N2O5/c28-24(30-17-23-26-20-13-7-8-14-22(20)32-23)21(15-18-9-3-1-4-10-18)27-25(29)31-16-19-11-5-2-6-12-19/h1-14,21H,15-17H2,(H,27,29)/t21-/m0/s1. The molecule has 4 rings (SSSR count). The average molecular weight is 430 g/mol. The van der Waals surface area contributed by atoms with E-state index in [1.54, 1.807) is 6.07 Å². The Morgan fingerprint density at radius 1 is 0.812 bits per heavy atom. The van der Waals surface area contributed by atoms with E-state index in [1.165, 1.54) is 0 Å². The van der Waals surface area contributed by atoms with Gasteiger partial charge in [0.15, 0.2) is 12.2 Å². The van der Waals surface area contributed by atoms with Crippen LogP contribution in [0.4, 0.5) is 4.79 Å². The normalized spacial score (nSPS) is 11.6. The van der Waals surface area contributed by atoms with Crippen molar-refractivity contribution in [2.45, 2.75) is 25.7 Å². The SMILES string of the molecule is O=C(N[C@@H](Cc1ccccc1)C(=O)OCc1nc2ccccc2o1)OCc1ccccc1. The van der Waals surface area contributed by atoms with Crippen LogP contribution in [0.3, 0.4) is 0 Å². The van der Waals surface area contributed by atoms with Gasteiger partial charge in [-0.15, -0.1) is 0 Å². The number of ether oxygens (including phenoxy) is 2. The highest BCUT2D eigenvalue weighted by Crippen LogP contribution is 2.15. The molecule has 1 heterocycles. The fraction of sp³-hybridized carbons (Fsp3) is 0.160. The van der Waals surface area contributed by atoms with Crippen molar-refractivity contribution in [1.29, 1.82) is 0 Å². The van der Waals surface area contributed by atoms with Crippen molar-refractivity contribution in [1.82, 2.24) is 10.3 Å². The lowest BCUT2D eigenvalue weighted by molar-refractivity contribution is -0.148. The number of rotatable bonds is 8. The first kappa shape index (κ1) is 21.1. The van der Waals surface area contributed by atoms with E-state index in [1.807, 2.05) is 78.9 Å². The molecule has 1 aromatic heterocycles. The number of nitrogens with zero attached hydrogens (tertiary/aromatic N) is 1. The molecular weight excluding hydrogens is 408 g/mol. The average Bonchev–Trinajstić information content (AvgIpc) is 3.25. The summed E-state index contributed by atoms with van der Waals surface area (Å²) in [4.78, 5) is 29.4. The fourth-order valence-corrected chi connectivity index (χ4v) is 3.17. The Balaban J connectivity index is 1.39. The maximum absolute atomic E-state index is 12.8. The number of fused-ring (bicyclic) bond motifs is 1. The van der Waals surface area contributed by atoms with Crippen LogP contribution in [0.1, 0.15) is 17.0 Å². The molecule has 1 amide bonds. The largest absolute Gasteiger partial charge is 0.454 e. The maximum Gasteiger partial charge on any atom is 0.408 e. The molecule has 7 heteroatoms. The van der Waals surface area contributed by atoms with E-state index in [4.69, 9.17) is 13.9 Å². The van der Waals surface area contributed by atoms with Gasteiger partial charge in [-0.1, -0.05) is 72.8 Å². The van der Waals surface area contributed by atoms with E-state index >= 15 is 0 Å². The van der Waals surface area contributed by atoms with Crippen molar-refractivity contribution in [2.75, 3.05) is 0 Å². The van der Waals surface area contributed by atoms with Crippen molar-refractivity contribution in [3.8, 4) is 0 Å². The zero-order chi connectivity index (χ0) is 22.2. The molecule has 0 bridgehead atoms. The van der Waals surface area contributed by atoms with Crippen molar-refractivity contribution in [3.63, 3.8) is 0 Å². The number of hydrogen-bond donors (Lipinski definition) is 1.